The summed E-state index contributed by atoms with van der Waals surface area (Å²) in [6.45, 7) is 2.55. The zero-order valence-electron chi connectivity index (χ0n) is 15.4. The van der Waals surface area contributed by atoms with Crippen LogP contribution in [0, 0.1) is 5.82 Å². The molecule has 0 radical (unpaired) electrons. The Balaban J connectivity index is 1.50. The van der Waals surface area contributed by atoms with Crippen molar-refractivity contribution in [2.45, 2.75) is 38.3 Å². The lowest BCUT2D eigenvalue weighted by atomic mass is 10.0. The van der Waals surface area contributed by atoms with Crippen LogP contribution in [-0.2, 0) is 17.8 Å². The van der Waals surface area contributed by atoms with Crippen molar-refractivity contribution in [3.8, 4) is 0 Å². The minimum Gasteiger partial charge on any atom is -0.341 e. The first kappa shape index (κ1) is 18.6. The molecule has 1 amide bonds. The van der Waals surface area contributed by atoms with Crippen LogP contribution in [0.15, 0.2) is 54.6 Å². The lowest BCUT2D eigenvalue weighted by molar-refractivity contribution is -0.133. The highest BCUT2D eigenvalue weighted by molar-refractivity contribution is 5.76. The number of halogens is 1. The second kappa shape index (κ2) is 8.95. The molecule has 0 N–H and O–H groups in total. The normalized spacial score (nSPS) is 17.5. The van der Waals surface area contributed by atoms with Gasteiger partial charge in [-0.3, -0.25) is 9.69 Å². The van der Waals surface area contributed by atoms with Crippen molar-refractivity contribution >= 4 is 5.91 Å². The van der Waals surface area contributed by atoms with Gasteiger partial charge in [0.05, 0.1) is 0 Å². The molecule has 3 nitrogen and oxygen atoms in total. The molecule has 1 fully saturated rings. The van der Waals surface area contributed by atoms with Crippen LogP contribution >= 0.6 is 0 Å². The van der Waals surface area contributed by atoms with E-state index in [0.717, 1.165) is 38.0 Å². The maximum absolute atomic E-state index is 13.0. The molecule has 0 bridgehead atoms. The molecule has 138 valence electrons. The van der Waals surface area contributed by atoms with Crippen LogP contribution in [0.4, 0.5) is 4.39 Å². The molecule has 1 atom stereocenters. The van der Waals surface area contributed by atoms with Gasteiger partial charge in [0, 0.05) is 32.1 Å². The number of likely N-dealkylation sites (N-methyl/N-ethyl adjacent to an activating group) is 1. The molecule has 0 spiro atoms. The van der Waals surface area contributed by atoms with Crippen molar-refractivity contribution in [1.29, 1.82) is 0 Å². The number of carbonyl (C=O) groups excluding carboxylic acids is 1. The summed E-state index contributed by atoms with van der Waals surface area (Å²) < 4.78 is 13.0. The number of carbonyl (C=O) groups is 1. The smallest absolute Gasteiger partial charge is 0.222 e. The van der Waals surface area contributed by atoms with E-state index in [0.29, 0.717) is 18.9 Å². The third-order valence-electron chi connectivity index (χ3n) is 5.19. The van der Waals surface area contributed by atoms with Crippen LogP contribution in [0.5, 0.6) is 0 Å². The Morgan fingerprint density at radius 3 is 2.58 bits per heavy atom. The van der Waals surface area contributed by atoms with E-state index >= 15 is 0 Å². The molecule has 0 aliphatic carbocycles. The van der Waals surface area contributed by atoms with Gasteiger partial charge in [0.15, 0.2) is 0 Å². The molecule has 26 heavy (non-hydrogen) atoms. The molecule has 2 aromatic rings. The van der Waals surface area contributed by atoms with Crippen molar-refractivity contribution in [2.75, 3.05) is 20.1 Å². The summed E-state index contributed by atoms with van der Waals surface area (Å²) >= 11 is 0. The molecule has 3 rings (SSSR count). The predicted molar refractivity (Wildman–Crippen MR) is 102 cm³/mol. The van der Waals surface area contributed by atoms with Crippen LogP contribution in [0.1, 0.15) is 30.4 Å². The molecule has 0 aromatic heterocycles. The van der Waals surface area contributed by atoms with E-state index in [-0.39, 0.29) is 11.7 Å². The quantitative estimate of drug-likeness (QED) is 0.786. The van der Waals surface area contributed by atoms with E-state index < -0.39 is 0 Å². The summed E-state index contributed by atoms with van der Waals surface area (Å²) in [6, 6.07) is 17.3. The van der Waals surface area contributed by atoms with Gasteiger partial charge in [-0.2, -0.15) is 0 Å². The summed E-state index contributed by atoms with van der Waals surface area (Å²) in [5.74, 6) is -0.0347. The zero-order chi connectivity index (χ0) is 18.4. The van der Waals surface area contributed by atoms with E-state index in [1.807, 2.05) is 11.0 Å². The minimum absolute atomic E-state index is 0.201. The monoisotopic (exact) mass is 354 g/mol. The molecule has 1 aliphatic rings. The molecule has 1 heterocycles. The predicted octanol–water partition coefficient (Wildman–Crippen LogP) is 3.88. The Bertz CT molecular complexity index is 702. The zero-order valence-corrected chi connectivity index (χ0v) is 15.4. The highest BCUT2D eigenvalue weighted by Gasteiger charge is 2.26. The van der Waals surface area contributed by atoms with Gasteiger partial charge < -0.3 is 4.90 Å². The number of nitrogens with zero attached hydrogens (tertiary/aromatic N) is 2. The van der Waals surface area contributed by atoms with Gasteiger partial charge in [0.2, 0.25) is 5.91 Å². The minimum atomic E-state index is -0.236. The van der Waals surface area contributed by atoms with Gasteiger partial charge >= 0.3 is 0 Å². The fraction of sp³-hybridized carbons (Fsp3) is 0.409. The van der Waals surface area contributed by atoms with Crippen LogP contribution < -0.4 is 0 Å². The molecule has 2 aromatic carbocycles. The number of hydrogen-bond acceptors (Lipinski definition) is 2. The molecule has 1 aliphatic heterocycles. The number of piperidine rings is 1. The largest absolute Gasteiger partial charge is 0.341 e. The van der Waals surface area contributed by atoms with Crippen molar-refractivity contribution in [3.05, 3.63) is 71.5 Å². The van der Waals surface area contributed by atoms with Crippen LogP contribution in [0.3, 0.4) is 0 Å². The van der Waals surface area contributed by atoms with E-state index in [2.05, 4.69) is 36.2 Å². The molecule has 1 saturated heterocycles. The first-order valence-corrected chi connectivity index (χ1v) is 9.38. The van der Waals surface area contributed by atoms with E-state index in [1.165, 1.54) is 17.7 Å². The number of benzene rings is 2. The van der Waals surface area contributed by atoms with Crippen LogP contribution in [-0.4, -0.2) is 41.9 Å². The molecule has 0 unspecified atom stereocenters. The maximum atomic E-state index is 13.0. The van der Waals surface area contributed by atoms with Gasteiger partial charge in [0.1, 0.15) is 5.82 Å². The van der Waals surface area contributed by atoms with Crippen molar-refractivity contribution in [3.63, 3.8) is 0 Å². The number of aryl methyl sites for hydroxylation is 1. The first-order valence-electron chi connectivity index (χ1n) is 9.38. The van der Waals surface area contributed by atoms with E-state index in [4.69, 9.17) is 0 Å². The topological polar surface area (TPSA) is 23.6 Å². The van der Waals surface area contributed by atoms with Gasteiger partial charge in [-0.25, -0.2) is 4.39 Å². The molecule has 4 heteroatoms. The number of rotatable bonds is 6. The highest BCUT2D eigenvalue weighted by Crippen LogP contribution is 2.18. The van der Waals surface area contributed by atoms with E-state index in [9.17, 15) is 9.18 Å². The Morgan fingerprint density at radius 1 is 1.12 bits per heavy atom. The summed E-state index contributed by atoms with van der Waals surface area (Å²) in [4.78, 5) is 17.0. The number of hydrogen-bond donors (Lipinski definition) is 0. The molecule has 0 saturated carbocycles. The fourth-order valence-electron chi connectivity index (χ4n) is 3.60. The van der Waals surface area contributed by atoms with Crippen molar-refractivity contribution in [2.24, 2.45) is 0 Å². The second-order valence-electron chi connectivity index (χ2n) is 7.16. The molecular weight excluding hydrogens is 327 g/mol. The maximum Gasteiger partial charge on any atom is 0.222 e. The lowest BCUT2D eigenvalue weighted by Gasteiger charge is -2.38. The second-order valence-corrected chi connectivity index (χ2v) is 7.16. The Hall–Kier alpha value is -2.20. The Morgan fingerprint density at radius 2 is 1.85 bits per heavy atom. The SMILES string of the molecule is CN(Cc1ccccc1)[C@H]1CCCN(C(=O)CCc2ccc(F)cc2)C1. The van der Waals surface area contributed by atoms with Crippen LogP contribution in [0.25, 0.3) is 0 Å². The van der Waals surface area contributed by atoms with E-state index in [1.54, 1.807) is 12.1 Å². The number of amides is 1. The Kier molecular flexibility index (Phi) is 6.40. The average molecular weight is 354 g/mol. The summed E-state index contributed by atoms with van der Waals surface area (Å²) in [6.07, 6.45) is 3.33. The van der Waals surface area contributed by atoms with Gasteiger partial charge in [0.25, 0.3) is 0 Å². The summed E-state index contributed by atoms with van der Waals surface area (Å²) in [7, 11) is 2.14. The molecular formula is C22H27FN2O. The number of likely N-dealkylation sites (tertiary alicyclic amines) is 1. The van der Waals surface area contributed by atoms with Crippen molar-refractivity contribution in [1.82, 2.24) is 9.80 Å². The lowest BCUT2D eigenvalue weighted by Crippen LogP contribution is -2.48. The standard InChI is InChI=1S/C22H27FN2O/c1-24(16-19-6-3-2-4-7-19)21-8-5-15-25(17-21)22(26)14-11-18-9-12-20(23)13-10-18/h2-4,6-7,9-10,12-13,21H,5,8,11,14-17H2,1H3/t21-/m0/s1. The Labute approximate surface area is 155 Å². The fourth-order valence-corrected chi connectivity index (χ4v) is 3.60. The van der Waals surface area contributed by atoms with Crippen molar-refractivity contribution < 1.29 is 9.18 Å². The van der Waals surface area contributed by atoms with Gasteiger partial charge in [-0.15, -0.1) is 0 Å². The third-order valence-corrected chi connectivity index (χ3v) is 5.19. The first-order chi connectivity index (χ1) is 12.6. The summed E-state index contributed by atoms with van der Waals surface area (Å²) in [5.41, 5.74) is 2.31. The van der Waals surface area contributed by atoms with Gasteiger partial charge in [-0.05, 0) is 49.6 Å². The third kappa shape index (κ3) is 5.15. The van der Waals surface area contributed by atoms with Crippen LogP contribution in [0.2, 0.25) is 0 Å². The average Bonchev–Trinajstić information content (AvgIpc) is 2.68. The summed E-state index contributed by atoms with van der Waals surface area (Å²) in [5, 5.41) is 0. The highest BCUT2D eigenvalue weighted by atomic mass is 19.1. The van der Waals surface area contributed by atoms with Gasteiger partial charge in [-0.1, -0.05) is 42.5 Å².